The monoisotopic (exact) mass is 322 g/mol. The van der Waals surface area contributed by atoms with Gasteiger partial charge in [-0.1, -0.05) is 0 Å². The first-order valence-electron chi connectivity index (χ1n) is 6.95. The molecule has 0 aliphatic heterocycles. The molecule has 0 aliphatic rings. The Morgan fingerprint density at radius 3 is 1.12 bits per heavy atom. The maximum absolute atomic E-state index is 10.3. The first-order chi connectivity index (χ1) is 11.6. The summed E-state index contributed by atoms with van der Waals surface area (Å²) in [4.78, 5) is 28.6. The molecule has 0 spiro atoms. The van der Waals surface area contributed by atoms with Crippen LogP contribution in [0.4, 0.5) is 0 Å². The maximum atomic E-state index is 10.3. The van der Waals surface area contributed by atoms with Crippen molar-refractivity contribution < 1.29 is 19.8 Å². The summed E-state index contributed by atoms with van der Waals surface area (Å²) in [6.07, 6.45) is 7.15. The van der Waals surface area contributed by atoms with E-state index in [9.17, 15) is 9.59 Å². The zero-order chi connectivity index (χ0) is 17.4. The molecule has 0 fully saturated rings. The highest BCUT2D eigenvalue weighted by Gasteiger charge is 2.04. The topological polar surface area (TPSA) is 100 Å². The smallest absolute Gasteiger partial charge is 0.335 e. The molecule has 3 aromatic rings. The Labute approximate surface area is 138 Å². The van der Waals surface area contributed by atoms with E-state index in [1.54, 1.807) is 24.8 Å². The van der Waals surface area contributed by atoms with E-state index in [2.05, 4.69) is 9.97 Å². The average Bonchev–Trinajstić information content (AvgIpc) is 2.64. The third kappa shape index (κ3) is 4.74. The molecule has 120 valence electrons. The zero-order valence-corrected chi connectivity index (χ0v) is 12.5. The second-order valence-corrected chi connectivity index (χ2v) is 4.66. The quantitative estimate of drug-likeness (QED) is 0.768. The predicted octanol–water partition coefficient (Wildman–Crippen LogP) is 3.23. The molecule has 0 amide bonds. The van der Waals surface area contributed by atoms with Crippen LogP contribution in [0.1, 0.15) is 20.7 Å². The van der Waals surface area contributed by atoms with Crippen LogP contribution >= 0.6 is 0 Å². The van der Waals surface area contributed by atoms with E-state index < -0.39 is 11.9 Å². The molecule has 0 atom stereocenters. The summed E-state index contributed by atoms with van der Waals surface area (Å²) in [5.41, 5.74) is 2.51. The van der Waals surface area contributed by atoms with Crippen molar-refractivity contribution in [2.24, 2.45) is 0 Å². The first kappa shape index (κ1) is 16.8. The van der Waals surface area contributed by atoms with Crippen LogP contribution in [0.2, 0.25) is 0 Å². The molecule has 2 aromatic heterocycles. The number of hydrogen-bond acceptors (Lipinski definition) is 4. The van der Waals surface area contributed by atoms with Crippen LogP contribution in [0.3, 0.4) is 0 Å². The average molecular weight is 322 g/mol. The van der Waals surface area contributed by atoms with Gasteiger partial charge in [-0.3, -0.25) is 9.97 Å². The molecule has 0 aliphatic carbocycles. The summed E-state index contributed by atoms with van der Waals surface area (Å²) in [6.45, 7) is 0. The molecular weight excluding hydrogens is 308 g/mol. The third-order valence-corrected chi connectivity index (χ3v) is 3.07. The van der Waals surface area contributed by atoms with E-state index in [-0.39, 0.29) is 11.1 Å². The molecule has 0 saturated heterocycles. The number of rotatable bonds is 3. The number of nitrogens with zero attached hydrogens (tertiary/aromatic N) is 2. The van der Waals surface area contributed by atoms with E-state index in [1.165, 1.54) is 35.4 Å². The standard InChI is InChI=1S/C10H8N2.C8H6O4/c1-5-11-6-2-9(1)10-3-7-12-8-4-10;9-7(10)5-1-2-6(4-3-5)8(11)12/h1-8H;1-4H,(H,9,10)(H,11,12). The van der Waals surface area contributed by atoms with Crippen molar-refractivity contribution in [3.63, 3.8) is 0 Å². The van der Waals surface area contributed by atoms with E-state index in [0.717, 1.165) is 0 Å². The Kier molecular flexibility index (Phi) is 5.74. The molecule has 0 saturated carbocycles. The summed E-state index contributed by atoms with van der Waals surface area (Å²) in [5, 5.41) is 16.9. The summed E-state index contributed by atoms with van der Waals surface area (Å²) in [6, 6.07) is 12.9. The van der Waals surface area contributed by atoms with Crippen LogP contribution in [-0.4, -0.2) is 32.1 Å². The van der Waals surface area contributed by atoms with Crippen LogP contribution in [0.5, 0.6) is 0 Å². The van der Waals surface area contributed by atoms with Gasteiger partial charge in [-0.05, 0) is 59.7 Å². The predicted molar refractivity (Wildman–Crippen MR) is 87.8 cm³/mol. The van der Waals surface area contributed by atoms with Gasteiger partial charge in [0.05, 0.1) is 11.1 Å². The number of aromatic carboxylic acids is 2. The van der Waals surface area contributed by atoms with Crippen molar-refractivity contribution >= 4 is 11.9 Å². The molecule has 0 bridgehead atoms. The second-order valence-electron chi connectivity index (χ2n) is 4.66. The van der Waals surface area contributed by atoms with Gasteiger partial charge >= 0.3 is 11.9 Å². The lowest BCUT2D eigenvalue weighted by molar-refractivity contribution is 0.0681. The Hall–Kier alpha value is -3.54. The Morgan fingerprint density at radius 1 is 0.583 bits per heavy atom. The van der Waals surface area contributed by atoms with Crippen molar-refractivity contribution in [1.29, 1.82) is 0 Å². The van der Waals surface area contributed by atoms with Gasteiger partial charge in [0.2, 0.25) is 0 Å². The normalized spacial score (nSPS) is 9.50. The molecule has 3 rings (SSSR count). The van der Waals surface area contributed by atoms with Gasteiger partial charge in [-0.2, -0.15) is 0 Å². The Morgan fingerprint density at radius 2 is 0.875 bits per heavy atom. The second kappa shape index (κ2) is 8.19. The van der Waals surface area contributed by atoms with Crippen molar-refractivity contribution in [3.05, 3.63) is 84.4 Å². The van der Waals surface area contributed by atoms with E-state index in [1.807, 2.05) is 24.3 Å². The zero-order valence-electron chi connectivity index (χ0n) is 12.5. The van der Waals surface area contributed by atoms with Crippen LogP contribution < -0.4 is 0 Å². The number of benzene rings is 1. The largest absolute Gasteiger partial charge is 0.478 e. The molecule has 6 nitrogen and oxygen atoms in total. The van der Waals surface area contributed by atoms with E-state index in [4.69, 9.17) is 10.2 Å². The molecule has 0 unspecified atom stereocenters. The minimum absolute atomic E-state index is 0.0833. The SMILES string of the molecule is O=C(O)c1ccc(C(=O)O)cc1.c1cc(-c2ccncc2)ccn1. The number of pyridine rings is 2. The molecular formula is C18H14N2O4. The highest BCUT2D eigenvalue weighted by atomic mass is 16.4. The summed E-state index contributed by atoms with van der Waals surface area (Å²) >= 11 is 0. The lowest BCUT2D eigenvalue weighted by Gasteiger charge is -1.97. The minimum atomic E-state index is -1.06. The number of carboxylic acid groups (broad SMARTS) is 2. The van der Waals surface area contributed by atoms with E-state index in [0.29, 0.717) is 0 Å². The van der Waals surface area contributed by atoms with Crippen LogP contribution in [0.25, 0.3) is 11.1 Å². The first-order valence-corrected chi connectivity index (χ1v) is 6.95. The van der Waals surface area contributed by atoms with Gasteiger partial charge < -0.3 is 10.2 Å². The highest BCUT2D eigenvalue weighted by Crippen LogP contribution is 2.15. The van der Waals surface area contributed by atoms with Crippen LogP contribution in [0, 0.1) is 0 Å². The maximum Gasteiger partial charge on any atom is 0.335 e. The van der Waals surface area contributed by atoms with Gasteiger partial charge in [-0.25, -0.2) is 9.59 Å². The third-order valence-electron chi connectivity index (χ3n) is 3.07. The summed E-state index contributed by atoms with van der Waals surface area (Å²) in [7, 11) is 0. The Bertz CT molecular complexity index is 733. The van der Waals surface area contributed by atoms with E-state index >= 15 is 0 Å². The van der Waals surface area contributed by atoms with Gasteiger partial charge in [0.1, 0.15) is 0 Å². The van der Waals surface area contributed by atoms with Crippen LogP contribution in [-0.2, 0) is 0 Å². The molecule has 0 radical (unpaired) electrons. The summed E-state index contributed by atoms with van der Waals surface area (Å²) in [5.74, 6) is -2.13. The lowest BCUT2D eigenvalue weighted by atomic mass is 10.1. The molecule has 2 heterocycles. The molecule has 1 aromatic carbocycles. The number of carbonyl (C=O) groups is 2. The fourth-order valence-electron chi connectivity index (χ4n) is 1.84. The highest BCUT2D eigenvalue weighted by molar-refractivity contribution is 5.91. The Balaban J connectivity index is 0.000000174. The van der Waals surface area contributed by atoms with Crippen LogP contribution in [0.15, 0.2) is 73.3 Å². The van der Waals surface area contributed by atoms with Crippen molar-refractivity contribution in [2.75, 3.05) is 0 Å². The van der Waals surface area contributed by atoms with Gasteiger partial charge in [0, 0.05) is 24.8 Å². The van der Waals surface area contributed by atoms with Gasteiger partial charge in [0.25, 0.3) is 0 Å². The molecule has 24 heavy (non-hydrogen) atoms. The minimum Gasteiger partial charge on any atom is -0.478 e. The van der Waals surface area contributed by atoms with Crippen molar-refractivity contribution in [2.45, 2.75) is 0 Å². The van der Waals surface area contributed by atoms with Gasteiger partial charge in [0.15, 0.2) is 0 Å². The number of aromatic nitrogens is 2. The summed E-state index contributed by atoms with van der Waals surface area (Å²) < 4.78 is 0. The number of hydrogen-bond donors (Lipinski definition) is 2. The number of carboxylic acids is 2. The van der Waals surface area contributed by atoms with Crippen molar-refractivity contribution in [1.82, 2.24) is 9.97 Å². The lowest BCUT2D eigenvalue weighted by Crippen LogP contribution is -1.99. The van der Waals surface area contributed by atoms with Crippen molar-refractivity contribution in [3.8, 4) is 11.1 Å². The molecule has 2 N–H and O–H groups in total. The molecule has 6 heteroatoms. The van der Waals surface area contributed by atoms with Gasteiger partial charge in [-0.15, -0.1) is 0 Å². The fourth-order valence-corrected chi connectivity index (χ4v) is 1.84. The fraction of sp³-hybridized carbons (Fsp3) is 0.